The van der Waals surface area contributed by atoms with Gasteiger partial charge in [-0.2, -0.15) is 0 Å². The summed E-state index contributed by atoms with van der Waals surface area (Å²) in [5.41, 5.74) is 0.386. The van der Waals surface area contributed by atoms with Crippen LogP contribution >= 0.6 is 0 Å². The van der Waals surface area contributed by atoms with Gasteiger partial charge in [0.1, 0.15) is 0 Å². The van der Waals surface area contributed by atoms with Gasteiger partial charge in [0.25, 0.3) is 11.8 Å². The Morgan fingerprint density at radius 1 is 1.10 bits per heavy atom. The Morgan fingerprint density at radius 2 is 1.67 bits per heavy atom. The van der Waals surface area contributed by atoms with Crippen molar-refractivity contribution >= 4 is 23.8 Å². The van der Waals surface area contributed by atoms with Crippen LogP contribution in [-0.2, 0) is 28.8 Å². The first-order valence-electron chi connectivity index (χ1n) is 6.29. The minimum absolute atomic E-state index is 0.00428. The lowest BCUT2D eigenvalue weighted by molar-refractivity contribution is -0.206. The minimum atomic E-state index is -1.33. The minimum Gasteiger partial charge on any atom is -0.445 e. The molecule has 1 atom stereocenters. The molecule has 0 spiro atoms. The Hall–Kier alpha value is -2.70. The van der Waals surface area contributed by atoms with E-state index in [9.17, 15) is 19.2 Å². The predicted molar refractivity (Wildman–Crippen MR) is 68.1 cm³/mol. The highest BCUT2D eigenvalue weighted by Crippen LogP contribution is 2.21. The fourth-order valence-corrected chi connectivity index (χ4v) is 1.84. The van der Waals surface area contributed by atoms with E-state index >= 15 is 0 Å². The van der Waals surface area contributed by atoms with Crippen LogP contribution in [-0.4, -0.2) is 28.8 Å². The van der Waals surface area contributed by atoms with E-state index < -0.39 is 29.9 Å². The molecule has 0 aromatic heterocycles. The summed E-state index contributed by atoms with van der Waals surface area (Å²) >= 11 is 0. The van der Waals surface area contributed by atoms with E-state index in [4.69, 9.17) is 9.57 Å². The van der Waals surface area contributed by atoms with Crippen molar-refractivity contribution in [1.29, 1.82) is 0 Å². The Morgan fingerprint density at radius 3 is 2.19 bits per heavy atom. The number of hydrogen-bond donors (Lipinski definition) is 0. The maximum atomic E-state index is 12.1. The molecule has 1 aromatic rings. The van der Waals surface area contributed by atoms with E-state index in [0.717, 1.165) is 6.92 Å². The molecule has 110 valence electrons. The third-order valence-corrected chi connectivity index (χ3v) is 2.79. The van der Waals surface area contributed by atoms with Gasteiger partial charge in [-0.05, 0) is 0 Å². The molecular weight excluding hydrogens is 278 g/mol. The fourth-order valence-electron chi connectivity index (χ4n) is 1.84. The van der Waals surface area contributed by atoms with E-state index in [-0.39, 0.29) is 12.8 Å². The highest BCUT2D eigenvalue weighted by molar-refractivity contribution is 6.01. The lowest BCUT2D eigenvalue weighted by Crippen LogP contribution is -2.35. The zero-order valence-electron chi connectivity index (χ0n) is 11.3. The maximum absolute atomic E-state index is 12.1. The summed E-state index contributed by atoms with van der Waals surface area (Å²) in [5, 5.41) is 0.418. The Kier molecular flexibility index (Phi) is 4.32. The van der Waals surface area contributed by atoms with Crippen molar-refractivity contribution in [3.05, 3.63) is 35.9 Å². The molecule has 2 amide bonds. The van der Waals surface area contributed by atoms with E-state index in [2.05, 4.69) is 0 Å². The van der Waals surface area contributed by atoms with Crippen LogP contribution in [0.4, 0.5) is 0 Å². The summed E-state index contributed by atoms with van der Waals surface area (Å²) < 4.78 is 4.92. The molecular formula is C14H13NO6. The molecule has 1 aliphatic rings. The van der Waals surface area contributed by atoms with Crippen molar-refractivity contribution in [3.8, 4) is 0 Å². The SMILES string of the molecule is CC(=O)O[C@H](C(=O)ON1C(=O)CCC1=O)c1ccccc1. The third-order valence-electron chi connectivity index (χ3n) is 2.79. The number of imide groups is 1. The second kappa shape index (κ2) is 6.17. The Labute approximate surface area is 120 Å². The summed E-state index contributed by atoms with van der Waals surface area (Å²) in [4.78, 5) is 50.8. The number of hydrogen-bond acceptors (Lipinski definition) is 6. The lowest BCUT2D eigenvalue weighted by Gasteiger charge is -2.19. The van der Waals surface area contributed by atoms with Gasteiger partial charge in [-0.25, -0.2) is 4.79 Å². The topological polar surface area (TPSA) is 90.0 Å². The molecule has 1 aliphatic heterocycles. The first kappa shape index (κ1) is 14.7. The second-order valence-corrected chi connectivity index (χ2v) is 4.39. The Bertz CT molecular complexity index is 566. The van der Waals surface area contributed by atoms with Crippen molar-refractivity contribution < 1.29 is 28.8 Å². The van der Waals surface area contributed by atoms with E-state index in [1.54, 1.807) is 30.3 Å². The zero-order valence-corrected chi connectivity index (χ0v) is 11.3. The average molecular weight is 291 g/mol. The van der Waals surface area contributed by atoms with E-state index in [1.165, 1.54) is 0 Å². The van der Waals surface area contributed by atoms with Gasteiger partial charge in [0.05, 0.1) is 0 Å². The second-order valence-electron chi connectivity index (χ2n) is 4.39. The molecule has 0 aliphatic carbocycles. The van der Waals surface area contributed by atoms with E-state index in [1.807, 2.05) is 0 Å². The van der Waals surface area contributed by atoms with Crippen LogP contribution < -0.4 is 0 Å². The zero-order chi connectivity index (χ0) is 15.4. The number of esters is 1. The number of amides is 2. The van der Waals surface area contributed by atoms with Crippen molar-refractivity contribution in [1.82, 2.24) is 5.06 Å². The molecule has 0 radical (unpaired) electrons. The summed E-state index contributed by atoms with van der Waals surface area (Å²) in [7, 11) is 0. The van der Waals surface area contributed by atoms with Gasteiger partial charge < -0.3 is 9.57 Å². The molecule has 1 aromatic carbocycles. The van der Waals surface area contributed by atoms with Gasteiger partial charge in [-0.3, -0.25) is 14.4 Å². The highest BCUT2D eigenvalue weighted by atomic mass is 16.7. The van der Waals surface area contributed by atoms with Crippen LogP contribution in [0, 0.1) is 0 Å². The number of carbonyl (C=O) groups excluding carboxylic acids is 4. The van der Waals surface area contributed by atoms with Crippen LogP contribution in [0.3, 0.4) is 0 Å². The van der Waals surface area contributed by atoms with Crippen molar-refractivity contribution in [2.75, 3.05) is 0 Å². The molecule has 21 heavy (non-hydrogen) atoms. The molecule has 0 bridgehead atoms. The third kappa shape index (κ3) is 3.44. The van der Waals surface area contributed by atoms with Gasteiger partial charge in [0.15, 0.2) is 0 Å². The molecule has 1 saturated heterocycles. The van der Waals surface area contributed by atoms with Gasteiger partial charge in [0, 0.05) is 25.3 Å². The molecule has 0 unspecified atom stereocenters. The van der Waals surface area contributed by atoms with Crippen LogP contribution in [0.1, 0.15) is 31.4 Å². The molecule has 1 heterocycles. The van der Waals surface area contributed by atoms with Gasteiger partial charge in [-0.1, -0.05) is 30.3 Å². The monoisotopic (exact) mass is 291 g/mol. The molecule has 7 heteroatoms. The summed E-state index contributed by atoms with van der Waals surface area (Å²) in [6.45, 7) is 1.15. The van der Waals surface area contributed by atoms with Gasteiger partial charge >= 0.3 is 11.9 Å². The molecule has 0 N–H and O–H groups in total. The van der Waals surface area contributed by atoms with Gasteiger partial charge in [-0.15, -0.1) is 5.06 Å². The number of benzene rings is 1. The molecule has 7 nitrogen and oxygen atoms in total. The molecule has 0 saturated carbocycles. The number of ether oxygens (including phenoxy) is 1. The predicted octanol–water partition coefficient (Wildman–Crippen LogP) is 0.898. The number of carbonyl (C=O) groups is 4. The smallest absolute Gasteiger partial charge is 0.378 e. The highest BCUT2D eigenvalue weighted by Gasteiger charge is 2.36. The Balaban J connectivity index is 2.17. The maximum Gasteiger partial charge on any atom is 0.378 e. The first-order chi connectivity index (χ1) is 9.99. The normalized spacial score (nSPS) is 15.8. The van der Waals surface area contributed by atoms with Crippen LogP contribution in [0.5, 0.6) is 0 Å². The number of rotatable bonds is 4. The quantitative estimate of drug-likeness (QED) is 0.604. The molecule has 1 fully saturated rings. The van der Waals surface area contributed by atoms with Crippen LogP contribution in [0.15, 0.2) is 30.3 Å². The standard InChI is InChI=1S/C14H13NO6/c1-9(16)20-13(10-5-3-2-4-6-10)14(19)21-15-11(17)7-8-12(15)18/h2-6,13H,7-8H2,1H3/t13-/m0/s1. The van der Waals surface area contributed by atoms with Crippen molar-refractivity contribution in [2.45, 2.75) is 25.9 Å². The average Bonchev–Trinajstić information content (AvgIpc) is 2.77. The van der Waals surface area contributed by atoms with Gasteiger partial charge in [0.2, 0.25) is 6.10 Å². The summed E-state index contributed by atoms with van der Waals surface area (Å²) in [6, 6.07) is 8.19. The number of hydroxylamine groups is 2. The van der Waals surface area contributed by atoms with Crippen molar-refractivity contribution in [2.24, 2.45) is 0 Å². The van der Waals surface area contributed by atoms with Crippen LogP contribution in [0.25, 0.3) is 0 Å². The van der Waals surface area contributed by atoms with Crippen molar-refractivity contribution in [3.63, 3.8) is 0 Å². The lowest BCUT2D eigenvalue weighted by atomic mass is 10.1. The largest absolute Gasteiger partial charge is 0.445 e. The fraction of sp³-hybridized carbons (Fsp3) is 0.286. The van der Waals surface area contributed by atoms with E-state index in [0.29, 0.717) is 10.6 Å². The summed E-state index contributed by atoms with van der Waals surface area (Å²) in [6.07, 6.45) is -1.34. The van der Waals surface area contributed by atoms with Crippen LogP contribution in [0.2, 0.25) is 0 Å². The molecule has 2 rings (SSSR count). The first-order valence-corrected chi connectivity index (χ1v) is 6.29. The number of nitrogens with zero attached hydrogens (tertiary/aromatic N) is 1. The summed E-state index contributed by atoms with van der Waals surface area (Å²) in [5.74, 6) is -2.87.